The molecule has 1 amide bonds. The molecule has 0 spiro atoms. The summed E-state index contributed by atoms with van der Waals surface area (Å²) < 4.78 is 8.14. The molecular formula is C17H20ClNO2S3. The Morgan fingerprint density at radius 1 is 1.29 bits per heavy atom. The fourth-order valence-electron chi connectivity index (χ4n) is 2.51. The van der Waals surface area contributed by atoms with Crippen molar-refractivity contribution >= 4 is 63.4 Å². The van der Waals surface area contributed by atoms with Gasteiger partial charge in [-0.1, -0.05) is 55.4 Å². The van der Waals surface area contributed by atoms with Crippen LogP contribution in [0.5, 0.6) is 0 Å². The predicted molar refractivity (Wildman–Crippen MR) is 109 cm³/mol. The van der Waals surface area contributed by atoms with Gasteiger partial charge < -0.3 is 4.74 Å². The lowest BCUT2D eigenvalue weighted by Gasteiger charge is -2.32. The van der Waals surface area contributed by atoms with Crippen molar-refractivity contribution in [3.8, 4) is 0 Å². The van der Waals surface area contributed by atoms with Gasteiger partial charge >= 0.3 is 0 Å². The van der Waals surface area contributed by atoms with Crippen LogP contribution in [-0.2, 0) is 9.53 Å². The Hall–Kier alpha value is -0.690. The summed E-state index contributed by atoms with van der Waals surface area (Å²) in [5.41, 5.74) is 0.561. The van der Waals surface area contributed by atoms with Gasteiger partial charge in [0.1, 0.15) is 11.3 Å². The van der Waals surface area contributed by atoms with Gasteiger partial charge in [0.2, 0.25) is 4.38 Å². The van der Waals surface area contributed by atoms with E-state index in [4.69, 9.17) is 28.6 Å². The van der Waals surface area contributed by atoms with E-state index < -0.39 is 5.54 Å². The molecule has 0 saturated carbocycles. The number of hydrogen-bond donors (Lipinski definition) is 0. The Morgan fingerprint density at radius 3 is 2.54 bits per heavy atom. The summed E-state index contributed by atoms with van der Waals surface area (Å²) in [6.45, 7) is 7.95. The SMILES string of the molecule is CCSC(=S)OC1=C(c2ccccc2Cl)C(=O)N(SCC)C1(C)C. The Kier molecular flexibility index (Phi) is 6.65. The number of carbonyl (C=O) groups is 1. The molecule has 0 aromatic heterocycles. The van der Waals surface area contributed by atoms with Crippen LogP contribution in [0.4, 0.5) is 0 Å². The van der Waals surface area contributed by atoms with Crippen LogP contribution >= 0.6 is 47.5 Å². The van der Waals surface area contributed by atoms with Gasteiger partial charge in [0.25, 0.3) is 5.91 Å². The quantitative estimate of drug-likeness (QED) is 0.487. The molecular weight excluding hydrogens is 382 g/mol. The lowest BCUT2D eigenvalue weighted by molar-refractivity contribution is -0.121. The Balaban J connectivity index is 2.58. The Bertz CT molecular complexity index is 688. The van der Waals surface area contributed by atoms with Crippen LogP contribution in [0.1, 0.15) is 33.3 Å². The number of benzene rings is 1. The fourth-order valence-corrected chi connectivity index (χ4v) is 4.43. The van der Waals surface area contributed by atoms with E-state index in [9.17, 15) is 4.79 Å². The number of halogens is 1. The summed E-state index contributed by atoms with van der Waals surface area (Å²) in [7, 11) is 0. The van der Waals surface area contributed by atoms with Crippen molar-refractivity contribution in [2.75, 3.05) is 11.5 Å². The second kappa shape index (κ2) is 8.13. The molecule has 0 unspecified atom stereocenters. The molecule has 1 aromatic carbocycles. The van der Waals surface area contributed by atoms with E-state index in [0.717, 1.165) is 11.5 Å². The van der Waals surface area contributed by atoms with Crippen LogP contribution in [0.2, 0.25) is 5.02 Å². The number of rotatable bonds is 5. The summed E-state index contributed by atoms with van der Waals surface area (Å²) >= 11 is 14.6. The zero-order valence-corrected chi connectivity index (χ0v) is 17.3. The van der Waals surface area contributed by atoms with E-state index in [2.05, 4.69) is 0 Å². The van der Waals surface area contributed by atoms with E-state index in [1.54, 1.807) is 10.4 Å². The average Bonchev–Trinajstić information content (AvgIpc) is 2.69. The monoisotopic (exact) mass is 401 g/mol. The first-order valence-corrected chi connectivity index (χ1v) is 10.4. The average molecular weight is 402 g/mol. The highest BCUT2D eigenvalue weighted by molar-refractivity contribution is 8.22. The number of amides is 1. The second-order valence-corrected chi connectivity index (χ2v) is 9.02. The maximum atomic E-state index is 13.1. The maximum Gasteiger partial charge on any atom is 0.268 e. The van der Waals surface area contributed by atoms with Crippen LogP contribution in [-0.4, -0.2) is 31.6 Å². The van der Waals surface area contributed by atoms with Gasteiger partial charge in [0.15, 0.2) is 0 Å². The topological polar surface area (TPSA) is 29.5 Å². The third-order valence-electron chi connectivity index (χ3n) is 3.54. The molecule has 130 valence electrons. The summed E-state index contributed by atoms with van der Waals surface area (Å²) in [6.07, 6.45) is 0. The molecule has 7 heteroatoms. The van der Waals surface area contributed by atoms with E-state index >= 15 is 0 Å². The van der Waals surface area contributed by atoms with Crippen molar-refractivity contribution in [1.29, 1.82) is 0 Å². The third kappa shape index (κ3) is 3.77. The highest BCUT2D eigenvalue weighted by atomic mass is 35.5. The van der Waals surface area contributed by atoms with Gasteiger partial charge in [0, 0.05) is 16.3 Å². The molecule has 1 aromatic rings. The standard InChI is InChI=1S/C17H20ClNO2S3/c1-5-23-16(22)21-14-13(11-9-7-8-10-12(11)18)15(20)19(24-6-2)17(14,3)4/h7-10H,5-6H2,1-4H3. The van der Waals surface area contributed by atoms with E-state index in [0.29, 0.717) is 26.3 Å². The van der Waals surface area contributed by atoms with Gasteiger partial charge in [-0.3, -0.25) is 9.10 Å². The molecule has 1 aliphatic rings. The molecule has 1 heterocycles. The van der Waals surface area contributed by atoms with Gasteiger partial charge in [-0.2, -0.15) is 0 Å². The zero-order chi connectivity index (χ0) is 17.9. The van der Waals surface area contributed by atoms with Crippen molar-refractivity contribution in [2.24, 2.45) is 0 Å². The van der Waals surface area contributed by atoms with Gasteiger partial charge in [0.05, 0.1) is 5.57 Å². The molecule has 3 nitrogen and oxygen atoms in total. The number of thioether (sulfide) groups is 1. The third-order valence-corrected chi connectivity index (χ3v) is 6.05. The summed E-state index contributed by atoms with van der Waals surface area (Å²) in [4.78, 5) is 13.1. The van der Waals surface area contributed by atoms with Crippen molar-refractivity contribution in [3.63, 3.8) is 0 Å². The minimum atomic E-state index is -0.607. The predicted octanol–water partition coefficient (Wildman–Crippen LogP) is 5.39. The molecule has 24 heavy (non-hydrogen) atoms. The fraction of sp³-hybridized carbons (Fsp3) is 0.412. The van der Waals surface area contributed by atoms with Crippen molar-refractivity contribution in [1.82, 2.24) is 4.31 Å². The lowest BCUT2D eigenvalue weighted by Crippen LogP contribution is -2.39. The van der Waals surface area contributed by atoms with Crippen LogP contribution in [0.3, 0.4) is 0 Å². The molecule has 1 aliphatic heterocycles. The van der Waals surface area contributed by atoms with E-state index in [-0.39, 0.29) is 5.91 Å². The Labute approximate surface area is 162 Å². The number of hydrogen-bond acceptors (Lipinski definition) is 5. The highest BCUT2D eigenvalue weighted by Crippen LogP contribution is 2.46. The molecule has 0 radical (unpaired) electrons. The zero-order valence-electron chi connectivity index (χ0n) is 14.1. The normalized spacial score (nSPS) is 16.7. The molecule has 0 fully saturated rings. The Morgan fingerprint density at radius 2 is 1.96 bits per heavy atom. The first kappa shape index (κ1) is 19.6. The smallest absolute Gasteiger partial charge is 0.268 e. The maximum absolute atomic E-state index is 13.1. The van der Waals surface area contributed by atoms with Gasteiger partial charge in [-0.25, -0.2) is 0 Å². The molecule has 0 saturated heterocycles. The summed E-state index contributed by atoms with van der Waals surface area (Å²) in [5, 5.41) is 0.523. The van der Waals surface area contributed by atoms with Crippen molar-refractivity contribution in [2.45, 2.75) is 33.2 Å². The van der Waals surface area contributed by atoms with Crippen LogP contribution in [0, 0.1) is 0 Å². The minimum absolute atomic E-state index is 0.0979. The van der Waals surface area contributed by atoms with Crippen LogP contribution in [0.25, 0.3) is 5.57 Å². The van der Waals surface area contributed by atoms with Crippen LogP contribution < -0.4 is 0 Å². The lowest BCUT2D eigenvalue weighted by atomic mass is 9.99. The molecule has 0 N–H and O–H groups in total. The van der Waals surface area contributed by atoms with E-state index in [1.807, 2.05) is 45.9 Å². The van der Waals surface area contributed by atoms with Crippen LogP contribution in [0.15, 0.2) is 30.0 Å². The minimum Gasteiger partial charge on any atom is -0.441 e. The first-order chi connectivity index (χ1) is 11.3. The summed E-state index contributed by atoms with van der Waals surface area (Å²) in [5.74, 6) is 2.06. The molecule has 0 aliphatic carbocycles. The van der Waals surface area contributed by atoms with E-state index in [1.165, 1.54) is 23.7 Å². The number of carbonyl (C=O) groups excluding carboxylic acids is 1. The van der Waals surface area contributed by atoms with Gasteiger partial charge in [-0.15, -0.1) is 0 Å². The summed E-state index contributed by atoms with van der Waals surface area (Å²) in [6, 6.07) is 7.32. The number of thiocarbonyl (C=S) groups is 1. The molecule has 2 rings (SSSR count). The van der Waals surface area contributed by atoms with Gasteiger partial charge in [-0.05, 0) is 49.8 Å². The number of ether oxygens (including phenoxy) is 1. The van der Waals surface area contributed by atoms with Crippen molar-refractivity contribution in [3.05, 3.63) is 40.6 Å². The first-order valence-electron chi connectivity index (χ1n) is 7.66. The second-order valence-electron chi connectivity index (χ2n) is 5.55. The van der Waals surface area contributed by atoms with Crippen molar-refractivity contribution < 1.29 is 9.53 Å². The highest BCUT2D eigenvalue weighted by Gasteiger charge is 2.48. The largest absolute Gasteiger partial charge is 0.441 e. The molecule has 0 bridgehead atoms. The molecule has 0 atom stereocenters. The number of nitrogens with zero attached hydrogens (tertiary/aromatic N) is 1.